The third kappa shape index (κ3) is 1.88. The van der Waals surface area contributed by atoms with E-state index < -0.39 is 16.1 Å². The molecule has 1 heterocycles. The van der Waals surface area contributed by atoms with Crippen LogP contribution in [0.2, 0.25) is 0 Å². The fourth-order valence-electron chi connectivity index (χ4n) is 1.69. The van der Waals surface area contributed by atoms with Crippen molar-refractivity contribution in [3.8, 4) is 0 Å². The van der Waals surface area contributed by atoms with Crippen LogP contribution in [0.4, 0.5) is 0 Å². The molecule has 0 fully saturated rings. The summed E-state index contributed by atoms with van der Waals surface area (Å²) in [5.41, 5.74) is 1.08. The smallest absolute Gasteiger partial charge is 0.283 e. The first-order chi connectivity index (χ1) is 7.54. The van der Waals surface area contributed by atoms with Crippen LogP contribution < -0.4 is 0 Å². The van der Waals surface area contributed by atoms with Crippen molar-refractivity contribution in [1.82, 2.24) is 0 Å². The highest BCUT2D eigenvalue weighted by Crippen LogP contribution is 2.27. The molecule has 0 saturated carbocycles. The molecule has 86 valence electrons. The molecule has 4 nitrogen and oxygen atoms in total. The van der Waals surface area contributed by atoms with Gasteiger partial charge in [0.05, 0.1) is 16.7 Å². The Morgan fingerprint density at radius 1 is 1.38 bits per heavy atom. The lowest BCUT2D eigenvalue weighted by Gasteiger charge is -2.06. The second-order valence-corrected chi connectivity index (χ2v) is 5.35. The summed E-state index contributed by atoms with van der Waals surface area (Å²) in [4.78, 5) is 0.244. The van der Waals surface area contributed by atoms with Crippen LogP contribution in [-0.4, -0.2) is 25.3 Å². The Labute approximate surface area is 94.7 Å². The maximum Gasteiger partial charge on any atom is 0.283 e. The van der Waals surface area contributed by atoms with Crippen molar-refractivity contribution in [2.24, 2.45) is 4.40 Å². The van der Waals surface area contributed by atoms with E-state index in [2.05, 4.69) is 4.40 Å². The van der Waals surface area contributed by atoms with Gasteiger partial charge < -0.3 is 5.11 Å². The Hall–Kier alpha value is -1.20. The molecular weight excluding hydrogens is 226 g/mol. The molecule has 16 heavy (non-hydrogen) atoms. The fraction of sp³-hybridized carbons (Fsp3) is 0.364. The van der Waals surface area contributed by atoms with Gasteiger partial charge in [0.25, 0.3) is 10.0 Å². The Morgan fingerprint density at radius 2 is 2.06 bits per heavy atom. The standard InChI is InChI=1S/C11H13NO3S/c1-2-8(13)7-10-9-5-3-4-6-11(9)16(14,15)12-10/h3-6,8,13H,2,7H2,1H3. The SMILES string of the molecule is CCC(O)CC1=NS(=O)(=O)c2ccccc21. The largest absolute Gasteiger partial charge is 0.393 e. The Kier molecular flexibility index (Phi) is 2.82. The van der Waals surface area contributed by atoms with Gasteiger partial charge in [-0.2, -0.15) is 12.8 Å². The normalized spacial score (nSPS) is 19.0. The topological polar surface area (TPSA) is 66.7 Å². The second kappa shape index (κ2) is 3.99. The van der Waals surface area contributed by atoms with Crippen LogP contribution in [0.3, 0.4) is 0 Å². The molecule has 0 aliphatic carbocycles. The molecule has 0 bridgehead atoms. The molecule has 1 N–H and O–H groups in total. The molecular formula is C11H13NO3S. The van der Waals surface area contributed by atoms with Crippen molar-refractivity contribution in [2.45, 2.75) is 30.8 Å². The first kappa shape index (κ1) is 11.3. The zero-order valence-electron chi connectivity index (χ0n) is 8.92. The zero-order valence-corrected chi connectivity index (χ0v) is 9.74. The molecule has 5 heteroatoms. The number of aliphatic hydroxyl groups is 1. The van der Waals surface area contributed by atoms with Gasteiger partial charge in [0, 0.05) is 12.0 Å². The summed E-state index contributed by atoms with van der Waals surface area (Å²) in [6, 6.07) is 6.71. The fourth-order valence-corrected chi connectivity index (χ4v) is 2.96. The summed E-state index contributed by atoms with van der Waals surface area (Å²) in [6.45, 7) is 1.85. The number of rotatable bonds is 3. The van der Waals surface area contributed by atoms with Crippen LogP contribution in [-0.2, 0) is 10.0 Å². The first-order valence-electron chi connectivity index (χ1n) is 5.16. The summed E-state index contributed by atoms with van der Waals surface area (Å²) >= 11 is 0. The predicted octanol–water partition coefficient (Wildman–Crippen LogP) is 1.34. The van der Waals surface area contributed by atoms with Crippen LogP contribution in [0.5, 0.6) is 0 Å². The third-order valence-electron chi connectivity index (χ3n) is 2.61. The van der Waals surface area contributed by atoms with E-state index in [0.717, 1.165) is 0 Å². The molecule has 0 saturated heterocycles. The van der Waals surface area contributed by atoms with Crippen LogP contribution >= 0.6 is 0 Å². The maximum atomic E-state index is 11.7. The van der Waals surface area contributed by atoms with E-state index in [0.29, 0.717) is 17.7 Å². The van der Waals surface area contributed by atoms with Crippen molar-refractivity contribution in [3.63, 3.8) is 0 Å². The molecule has 1 aliphatic rings. The molecule has 1 atom stereocenters. The number of hydrogen-bond donors (Lipinski definition) is 1. The molecule has 1 aromatic carbocycles. The highest BCUT2D eigenvalue weighted by molar-refractivity contribution is 7.90. The minimum absolute atomic E-state index is 0.244. The molecule has 0 aromatic heterocycles. The van der Waals surface area contributed by atoms with Crippen LogP contribution in [0.15, 0.2) is 33.6 Å². The summed E-state index contributed by atoms with van der Waals surface area (Å²) in [5.74, 6) is 0. The predicted molar refractivity (Wildman–Crippen MR) is 61.1 cm³/mol. The average Bonchev–Trinajstić information content (AvgIpc) is 2.51. The van der Waals surface area contributed by atoms with Crippen molar-refractivity contribution < 1.29 is 13.5 Å². The van der Waals surface area contributed by atoms with Gasteiger partial charge >= 0.3 is 0 Å². The summed E-state index contributed by atoms with van der Waals surface area (Å²) in [5, 5.41) is 9.54. The second-order valence-electron chi connectivity index (χ2n) is 3.78. The summed E-state index contributed by atoms with van der Waals surface area (Å²) in [7, 11) is -3.53. The molecule has 2 rings (SSSR count). The van der Waals surface area contributed by atoms with E-state index in [-0.39, 0.29) is 11.3 Å². The lowest BCUT2D eigenvalue weighted by atomic mass is 10.0. The van der Waals surface area contributed by atoms with E-state index in [9.17, 15) is 13.5 Å². The van der Waals surface area contributed by atoms with Gasteiger partial charge in [-0.05, 0) is 12.5 Å². The first-order valence-corrected chi connectivity index (χ1v) is 6.60. The van der Waals surface area contributed by atoms with Crippen LogP contribution in [0.25, 0.3) is 0 Å². The average molecular weight is 239 g/mol. The van der Waals surface area contributed by atoms with Gasteiger partial charge in [0.15, 0.2) is 0 Å². The summed E-state index contributed by atoms with van der Waals surface area (Å²) < 4.78 is 27.0. The van der Waals surface area contributed by atoms with Crippen molar-refractivity contribution in [2.75, 3.05) is 0 Å². The van der Waals surface area contributed by atoms with Gasteiger partial charge in [-0.3, -0.25) is 0 Å². The van der Waals surface area contributed by atoms with E-state index in [1.54, 1.807) is 24.3 Å². The van der Waals surface area contributed by atoms with E-state index in [1.807, 2.05) is 6.92 Å². The Morgan fingerprint density at radius 3 is 2.75 bits per heavy atom. The lowest BCUT2D eigenvalue weighted by molar-refractivity contribution is 0.178. The summed E-state index contributed by atoms with van der Waals surface area (Å²) in [6.07, 6.45) is 0.327. The molecule has 0 radical (unpaired) electrons. The number of benzene rings is 1. The number of aliphatic hydroxyl groups excluding tert-OH is 1. The van der Waals surface area contributed by atoms with Crippen LogP contribution in [0, 0.1) is 0 Å². The van der Waals surface area contributed by atoms with E-state index in [1.165, 1.54) is 0 Å². The number of nitrogens with zero attached hydrogens (tertiary/aromatic N) is 1. The van der Waals surface area contributed by atoms with E-state index in [4.69, 9.17) is 0 Å². The van der Waals surface area contributed by atoms with Crippen LogP contribution in [0.1, 0.15) is 25.3 Å². The maximum absolute atomic E-state index is 11.7. The molecule has 1 aromatic rings. The lowest BCUT2D eigenvalue weighted by Crippen LogP contribution is -2.11. The van der Waals surface area contributed by atoms with E-state index >= 15 is 0 Å². The molecule has 0 spiro atoms. The quantitative estimate of drug-likeness (QED) is 0.865. The highest BCUT2D eigenvalue weighted by atomic mass is 32.2. The zero-order chi connectivity index (χ0) is 11.8. The van der Waals surface area contributed by atoms with Gasteiger partial charge in [-0.15, -0.1) is 0 Å². The van der Waals surface area contributed by atoms with Crippen molar-refractivity contribution in [3.05, 3.63) is 29.8 Å². The minimum Gasteiger partial charge on any atom is -0.393 e. The molecule has 1 unspecified atom stereocenters. The molecule has 1 aliphatic heterocycles. The molecule has 0 amide bonds. The number of sulfonamides is 1. The number of fused-ring (bicyclic) bond motifs is 1. The number of hydrogen-bond acceptors (Lipinski definition) is 3. The van der Waals surface area contributed by atoms with Gasteiger partial charge in [-0.25, -0.2) is 0 Å². The van der Waals surface area contributed by atoms with Crippen molar-refractivity contribution in [1.29, 1.82) is 0 Å². The van der Waals surface area contributed by atoms with Gasteiger partial charge in [0.2, 0.25) is 0 Å². The Balaban J connectivity index is 2.43. The third-order valence-corrected chi connectivity index (χ3v) is 3.98. The highest BCUT2D eigenvalue weighted by Gasteiger charge is 2.28. The monoisotopic (exact) mass is 239 g/mol. The van der Waals surface area contributed by atoms with Gasteiger partial charge in [-0.1, -0.05) is 25.1 Å². The Bertz CT molecular complexity index is 534. The van der Waals surface area contributed by atoms with Gasteiger partial charge in [0.1, 0.15) is 0 Å². The van der Waals surface area contributed by atoms with Crippen molar-refractivity contribution >= 4 is 15.7 Å². The minimum atomic E-state index is -3.53.